The highest BCUT2D eigenvalue weighted by Gasteiger charge is 2.67. The van der Waals surface area contributed by atoms with E-state index in [0.29, 0.717) is 17.8 Å². The number of amides is 1. The number of phenols is 1. The highest BCUT2D eigenvalue weighted by molar-refractivity contribution is 7.12. The van der Waals surface area contributed by atoms with E-state index >= 15 is 0 Å². The van der Waals surface area contributed by atoms with Crippen LogP contribution in [-0.2, 0) is 11.2 Å². The molecule has 3 rings (SSSR count). The Bertz CT molecular complexity index is 889. The van der Waals surface area contributed by atoms with Crippen molar-refractivity contribution >= 4 is 17.2 Å². The lowest BCUT2D eigenvalue weighted by molar-refractivity contribution is -0.194. The van der Waals surface area contributed by atoms with Crippen LogP contribution in [0.25, 0.3) is 0 Å². The first-order valence-electron chi connectivity index (χ1n) is 10.4. The van der Waals surface area contributed by atoms with E-state index in [-0.39, 0.29) is 37.0 Å². The zero-order valence-corrected chi connectivity index (χ0v) is 18.8. The van der Waals surface area contributed by atoms with Gasteiger partial charge in [-0.15, -0.1) is 11.3 Å². The van der Waals surface area contributed by atoms with Gasteiger partial charge in [-0.2, -0.15) is 13.2 Å². The van der Waals surface area contributed by atoms with Gasteiger partial charge in [-0.05, 0) is 70.1 Å². The summed E-state index contributed by atoms with van der Waals surface area (Å²) in [5.74, 6) is -1.02. The Labute approximate surface area is 185 Å². The van der Waals surface area contributed by atoms with Crippen molar-refractivity contribution in [2.75, 3.05) is 20.6 Å². The van der Waals surface area contributed by atoms with Gasteiger partial charge < -0.3 is 15.3 Å². The number of likely N-dealkylation sites (N-methyl/N-ethyl adjacent to an activating group) is 1. The summed E-state index contributed by atoms with van der Waals surface area (Å²) in [4.78, 5) is 16.3. The summed E-state index contributed by atoms with van der Waals surface area (Å²) < 4.78 is 41.5. The van der Waals surface area contributed by atoms with Gasteiger partial charge in [-0.3, -0.25) is 4.79 Å². The van der Waals surface area contributed by atoms with Crippen LogP contribution in [0.5, 0.6) is 5.75 Å². The zero-order valence-electron chi connectivity index (χ0n) is 18.0. The molecule has 8 heteroatoms. The summed E-state index contributed by atoms with van der Waals surface area (Å²) in [6, 6.07) is 10.4. The predicted octanol–water partition coefficient (Wildman–Crippen LogP) is 4.87. The Morgan fingerprint density at radius 3 is 2.32 bits per heavy atom. The number of rotatable bonds is 9. The second-order valence-corrected chi connectivity index (χ2v) is 9.97. The number of hydrogen-bond acceptors (Lipinski definition) is 4. The number of carbonyl (C=O) groups excluding carboxylic acids is 1. The van der Waals surface area contributed by atoms with Crippen LogP contribution in [0.2, 0.25) is 0 Å². The summed E-state index contributed by atoms with van der Waals surface area (Å²) in [6.07, 6.45) is -3.69. The highest BCUT2D eigenvalue weighted by atomic mass is 32.1. The zero-order chi connectivity index (χ0) is 22.8. The van der Waals surface area contributed by atoms with Crippen LogP contribution >= 0.6 is 11.3 Å². The third kappa shape index (κ3) is 5.60. The molecule has 4 nitrogen and oxygen atoms in total. The second kappa shape index (κ2) is 9.20. The molecule has 1 aliphatic rings. The number of alkyl halides is 3. The maximum Gasteiger partial charge on any atom is 0.395 e. The molecule has 2 N–H and O–H groups in total. The average molecular weight is 455 g/mol. The summed E-state index contributed by atoms with van der Waals surface area (Å²) in [5, 5.41) is 12.3. The van der Waals surface area contributed by atoms with Crippen LogP contribution < -0.4 is 5.32 Å². The molecule has 1 aliphatic carbocycles. The summed E-state index contributed by atoms with van der Waals surface area (Å²) in [6.45, 7) is 2.20. The molecule has 0 aliphatic heterocycles. The first kappa shape index (κ1) is 23.6. The monoisotopic (exact) mass is 454 g/mol. The summed E-state index contributed by atoms with van der Waals surface area (Å²) in [7, 11) is 3.80. The number of hydrogen-bond donors (Lipinski definition) is 2. The van der Waals surface area contributed by atoms with E-state index in [1.807, 2.05) is 44.1 Å². The van der Waals surface area contributed by atoms with Gasteiger partial charge in [0.15, 0.2) is 0 Å². The van der Waals surface area contributed by atoms with Gasteiger partial charge in [-0.25, -0.2) is 0 Å². The van der Waals surface area contributed by atoms with Gasteiger partial charge in [0.1, 0.15) is 5.75 Å². The van der Waals surface area contributed by atoms with Crippen LogP contribution in [0.1, 0.15) is 40.5 Å². The third-order valence-corrected chi connectivity index (χ3v) is 7.30. The molecule has 0 unspecified atom stereocenters. The number of nitrogens with one attached hydrogen (secondary N) is 1. The lowest BCUT2D eigenvalue weighted by Crippen LogP contribution is -2.42. The lowest BCUT2D eigenvalue weighted by Gasteiger charge is -2.29. The lowest BCUT2D eigenvalue weighted by atomic mass is 9.84. The van der Waals surface area contributed by atoms with E-state index in [9.17, 15) is 23.1 Å². The Hall–Kier alpha value is -2.06. The normalized spacial score (nSPS) is 17.4. The average Bonchev–Trinajstić information content (AvgIpc) is 3.40. The van der Waals surface area contributed by atoms with Crippen molar-refractivity contribution in [1.82, 2.24) is 10.2 Å². The number of aromatic hydroxyl groups is 1. The molecular weight excluding hydrogens is 425 g/mol. The Balaban J connectivity index is 1.67. The minimum atomic E-state index is -4.32. The molecule has 1 aromatic carbocycles. The minimum absolute atomic E-state index is 0.0200. The number of nitrogens with zero attached hydrogens (tertiary/aromatic N) is 1. The smallest absolute Gasteiger partial charge is 0.395 e. The molecule has 0 spiro atoms. The Morgan fingerprint density at radius 2 is 1.84 bits per heavy atom. The topological polar surface area (TPSA) is 52.6 Å². The van der Waals surface area contributed by atoms with Crippen molar-refractivity contribution in [3.8, 4) is 5.75 Å². The Kier molecular flexibility index (Phi) is 7.01. The molecule has 1 fully saturated rings. The van der Waals surface area contributed by atoms with Gasteiger partial charge >= 0.3 is 6.18 Å². The van der Waals surface area contributed by atoms with Crippen molar-refractivity contribution in [2.24, 2.45) is 5.41 Å². The molecule has 0 radical (unpaired) electrons. The molecule has 1 amide bonds. The number of halogens is 3. The molecule has 170 valence electrons. The molecule has 0 saturated heterocycles. The fourth-order valence-electron chi connectivity index (χ4n) is 4.00. The van der Waals surface area contributed by atoms with Crippen LogP contribution in [0.15, 0.2) is 36.4 Å². The van der Waals surface area contributed by atoms with Gasteiger partial charge in [-0.1, -0.05) is 12.1 Å². The number of aryl methyl sites for hydroxylation is 1. The molecule has 0 bridgehead atoms. The standard InChI is InChI=1S/C23H29F3N2O2S/c1-15-4-9-20(31-15)19(22(10-11-22)23(24,25)26)13-21(30)27-14-17(28(2)3)12-16-5-7-18(29)8-6-16/h4-9,17,19,29H,10-14H2,1-3H3,(H,27,30)/t17-,19+/m0/s1. The third-order valence-electron chi connectivity index (χ3n) is 6.19. The molecule has 31 heavy (non-hydrogen) atoms. The van der Waals surface area contributed by atoms with Crippen LogP contribution in [-0.4, -0.2) is 48.8 Å². The van der Waals surface area contributed by atoms with Crippen LogP contribution in [0.3, 0.4) is 0 Å². The number of phenolic OH excluding ortho intramolecular Hbond substituents is 1. The van der Waals surface area contributed by atoms with Gasteiger partial charge in [0, 0.05) is 34.7 Å². The van der Waals surface area contributed by atoms with E-state index in [1.54, 1.807) is 18.2 Å². The van der Waals surface area contributed by atoms with Gasteiger partial charge in [0.05, 0.1) is 5.41 Å². The van der Waals surface area contributed by atoms with Gasteiger partial charge in [0.25, 0.3) is 0 Å². The quantitative estimate of drug-likeness (QED) is 0.569. The molecule has 2 aromatic rings. The van der Waals surface area contributed by atoms with E-state index < -0.39 is 17.5 Å². The van der Waals surface area contributed by atoms with Crippen LogP contribution in [0, 0.1) is 12.3 Å². The van der Waals surface area contributed by atoms with Crippen LogP contribution in [0.4, 0.5) is 13.2 Å². The highest BCUT2D eigenvalue weighted by Crippen LogP contribution is 2.66. The number of benzene rings is 1. The first-order valence-corrected chi connectivity index (χ1v) is 11.2. The number of carbonyl (C=O) groups is 1. The molecular formula is C23H29F3N2O2S. The van der Waals surface area contributed by atoms with E-state index in [2.05, 4.69) is 5.32 Å². The fraction of sp³-hybridized carbons (Fsp3) is 0.522. The van der Waals surface area contributed by atoms with E-state index in [4.69, 9.17) is 0 Å². The second-order valence-electron chi connectivity index (χ2n) is 8.65. The van der Waals surface area contributed by atoms with Crippen molar-refractivity contribution in [2.45, 2.75) is 50.7 Å². The van der Waals surface area contributed by atoms with E-state index in [0.717, 1.165) is 10.4 Å². The summed E-state index contributed by atoms with van der Waals surface area (Å²) in [5.41, 5.74) is -0.777. The van der Waals surface area contributed by atoms with Gasteiger partial charge in [0.2, 0.25) is 5.91 Å². The maximum absolute atomic E-state index is 13.8. The van der Waals surface area contributed by atoms with Crippen molar-refractivity contribution in [3.05, 3.63) is 51.7 Å². The molecule has 2 atom stereocenters. The Morgan fingerprint density at radius 1 is 1.19 bits per heavy atom. The maximum atomic E-state index is 13.8. The fourth-order valence-corrected chi connectivity index (χ4v) is 5.10. The molecule has 1 heterocycles. The molecule has 1 aromatic heterocycles. The number of thiophene rings is 1. The SMILES string of the molecule is Cc1ccc([C@@H](CC(=O)NC[C@H](Cc2ccc(O)cc2)N(C)C)C2(C(F)(F)F)CC2)s1. The largest absolute Gasteiger partial charge is 0.508 e. The van der Waals surface area contributed by atoms with Crippen molar-refractivity contribution < 1.29 is 23.1 Å². The predicted molar refractivity (Wildman–Crippen MR) is 116 cm³/mol. The first-order chi connectivity index (χ1) is 14.5. The summed E-state index contributed by atoms with van der Waals surface area (Å²) >= 11 is 1.34. The van der Waals surface area contributed by atoms with Crippen molar-refractivity contribution in [3.63, 3.8) is 0 Å². The minimum Gasteiger partial charge on any atom is -0.508 e. The van der Waals surface area contributed by atoms with E-state index in [1.165, 1.54) is 11.3 Å². The van der Waals surface area contributed by atoms with Crippen molar-refractivity contribution in [1.29, 1.82) is 0 Å². The molecule has 1 saturated carbocycles.